The van der Waals surface area contributed by atoms with Crippen molar-refractivity contribution in [2.24, 2.45) is 0 Å². The number of carbonyl (C=O) groups excluding carboxylic acids is 1. The van der Waals surface area contributed by atoms with Gasteiger partial charge in [0.25, 0.3) is 5.91 Å². The monoisotopic (exact) mass is 349 g/mol. The fourth-order valence-corrected chi connectivity index (χ4v) is 4.59. The number of sulfone groups is 1. The maximum Gasteiger partial charge on any atom is 0.254 e. The van der Waals surface area contributed by atoms with Crippen LogP contribution in [0.1, 0.15) is 22.5 Å². The topological polar surface area (TPSA) is 76.8 Å². The third-order valence-electron chi connectivity index (χ3n) is 4.15. The third-order valence-corrected chi connectivity index (χ3v) is 5.90. The number of amides is 1. The molecule has 0 aliphatic carbocycles. The fraction of sp³-hybridized carbons (Fsp3) is 0.353. The Morgan fingerprint density at radius 1 is 1.29 bits per heavy atom. The van der Waals surface area contributed by atoms with Crippen molar-refractivity contribution in [3.05, 3.63) is 54.0 Å². The summed E-state index contributed by atoms with van der Waals surface area (Å²) >= 11 is 0. The molecular formula is C17H19NO5S. The Labute approximate surface area is 140 Å². The number of nitrogens with zero attached hydrogens (tertiary/aromatic N) is 1. The van der Waals surface area contributed by atoms with E-state index in [1.165, 1.54) is 6.26 Å². The van der Waals surface area contributed by atoms with Crippen LogP contribution in [0.25, 0.3) is 0 Å². The summed E-state index contributed by atoms with van der Waals surface area (Å²) in [6.45, 7) is 0.248. The van der Waals surface area contributed by atoms with Crippen LogP contribution in [0, 0.1) is 0 Å². The van der Waals surface area contributed by atoms with E-state index in [-0.39, 0.29) is 30.0 Å². The van der Waals surface area contributed by atoms with Crippen LogP contribution in [0.15, 0.2) is 47.1 Å². The second kappa shape index (κ2) is 6.68. The van der Waals surface area contributed by atoms with Crippen molar-refractivity contribution in [1.29, 1.82) is 0 Å². The Kier molecular flexibility index (Phi) is 4.62. The largest absolute Gasteiger partial charge is 0.497 e. The molecule has 2 aromatic rings. The fourth-order valence-electron chi connectivity index (χ4n) is 2.86. The summed E-state index contributed by atoms with van der Waals surface area (Å²) < 4.78 is 34.1. The van der Waals surface area contributed by atoms with Crippen molar-refractivity contribution in [2.75, 3.05) is 18.6 Å². The first-order valence-corrected chi connectivity index (χ1v) is 9.48. The molecule has 6 nitrogen and oxygen atoms in total. The molecule has 1 saturated heterocycles. The first kappa shape index (κ1) is 16.6. The molecule has 1 atom stereocenters. The van der Waals surface area contributed by atoms with Crippen LogP contribution in [0.2, 0.25) is 0 Å². The number of hydrogen-bond donors (Lipinski definition) is 0. The predicted molar refractivity (Wildman–Crippen MR) is 88.6 cm³/mol. The zero-order valence-electron chi connectivity index (χ0n) is 13.3. The molecule has 1 fully saturated rings. The van der Waals surface area contributed by atoms with Gasteiger partial charge in [-0.2, -0.15) is 0 Å². The highest BCUT2D eigenvalue weighted by Gasteiger charge is 2.35. The van der Waals surface area contributed by atoms with Gasteiger partial charge in [0.15, 0.2) is 9.84 Å². The second-order valence-electron chi connectivity index (χ2n) is 5.80. The summed E-state index contributed by atoms with van der Waals surface area (Å²) in [5.41, 5.74) is 0.492. The highest BCUT2D eigenvalue weighted by Crippen LogP contribution is 2.23. The van der Waals surface area contributed by atoms with E-state index in [1.54, 1.807) is 48.4 Å². The lowest BCUT2D eigenvalue weighted by Gasteiger charge is -2.27. The lowest BCUT2D eigenvalue weighted by molar-refractivity contribution is 0.0666. The average molecular weight is 349 g/mol. The van der Waals surface area contributed by atoms with Gasteiger partial charge < -0.3 is 14.1 Å². The summed E-state index contributed by atoms with van der Waals surface area (Å²) in [7, 11) is -1.53. The highest BCUT2D eigenvalue weighted by atomic mass is 32.2. The Balaban J connectivity index is 1.86. The minimum absolute atomic E-state index is 0.00436. The van der Waals surface area contributed by atoms with E-state index in [1.807, 2.05) is 0 Å². The molecule has 128 valence electrons. The van der Waals surface area contributed by atoms with E-state index < -0.39 is 9.84 Å². The molecule has 0 radical (unpaired) electrons. The van der Waals surface area contributed by atoms with Crippen LogP contribution in [-0.2, 0) is 16.4 Å². The van der Waals surface area contributed by atoms with Gasteiger partial charge in [-0.1, -0.05) is 0 Å². The van der Waals surface area contributed by atoms with Crippen molar-refractivity contribution >= 4 is 15.7 Å². The molecule has 0 spiro atoms. The Bertz CT molecular complexity index is 796. The predicted octanol–water partition coefficient (Wildman–Crippen LogP) is 2.12. The second-order valence-corrected chi connectivity index (χ2v) is 8.03. The van der Waals surface area contributed by atoms with Gasteiger partial charge >= 0.3 is 0 Å². The van der Waals surface area contributed by atoms with Crippen LogP contribution < -0.4 is 4.74 Å². The maximum absolute atomic E-state index is 12.9. The normalized spacial score (nSPS) is 19.1. The molecule has 1 amide bonds. The summed E-state index contributed by atoms with van der Waals surface area (Å²) in [4.78, 5) is 14.5. The van der Waals surface area contributed by atoms with Crippen molar-refractivity contribution in [3.8, 4) is 5.75 Å². The number of ether oxygens (including phenoxy) is 1. The molecular weight excluding hydrogens is 330 g/mol. The molecule has 3 rings (SSSR count). The van der Waals surface area contributed by atoms with Crippen LogP contribution in [0.5, 0.6) is 5.75 Å². The molecule has 1 aromatic heterocycles. The van der Waals surface area contributed by atoms with Gasteiger partial charge in [0.1, 0.15) is 11.5 Å². The van der Waals surface area contributed by atoms with Gasteiger partial charge in [0, 0.05) is 11.6 Å². The third kappa shape index (κ3) is 3.62. The van der Waals surface area contributed by atoms with Gasteiger partial charge in [-0.05, 0) is 42.8 Å². The summed E-state index contributed by atoms with van der Waals surface area (Å²) in [5, 5.41) is 0. The van der Waals surface area contributed by atoms with Crippen molar-refractivity contribution in [1.82, 2.24) is 4.90 Å². The lowest BCUT2D eigenvalue weighted by atomic mass is 10.1. The highest BCUT2D eigenvalue weighted by molar-refractivity contribution is 7.91. The minimum Gasteiger partial charge on any atom is -0.497 e. The van der Waals surface area contributed by atoms with Crippen LogP contribution in [0.3, 0.4) is 0 Å². The summed E-state index contributed by atoms with van der Waals surface area (Å²) in [5.74, 6) is 1.18. The van der Waals surface area contributed by atoms with Crippen molar-refractivity contribution in [2.45, 2.75) is 19.0 Å². The number of carbonyl (C=O) groups is 1. The molecule has 2 heterocycles. The van der Waals surface area contributed by atoms with E-state index in [0.29, 0.717) is 23.5 Å². The van der Waals surface area contributed by atoms with Gasteiger partial charge in [0.05, 0.1) is 31.4 Å². The zero-order chi connectivity index (χ0) is 17.2. The number of furan rings is 1. The Morgan fingerprint density at radius 3 is 2.58 bits per heavy atom. The maximum atomic E-state index is 12.9. The van der Waals surface area contributed by atoms with E-state index in [9.17, 15) is 13.2 Å². The molecule has 7 heteroatoms. The standard InChI is InChI=1S/C17H19NO5S/c1-22-15-6-4-13(5-7-15)17(19)18(11-16-3-2-9-23-16)14-8-10-24(20,21)12-14/h2-7,9,14H,8,10-12H2,1H3/t14-/m0/s1. The average Bonchev–Trinajstić information content (AvgIpc) is 3.21. The molecule has 0 saturated carbocycles. The number of methoxy groups -OCH3 is 1. The van der Waals surface area contributed by atoms with E-state index in [2.05, 4.69) is 0 Å². The smallest absolute Gasteiger partial charge is 0.254 e. The Morgan fingerprint density at radius 2 is 2.04 bits per heavy atom. The molecule has 24 heavy (non-hydrogen) atoms. The molecule has 0 N–H and O–H groups in total. The molecule has 1 aromatic carbocycles. The molecule has 1 aliphatic heterocycles. The van der Waals surface area contributed by atoms with Gasteiger partial charge in [-0.3, -0.25) is 4.79 Å². The van der Waals surface area contributed by atoms with Crippen LogP contribution >= 0.6 is 0 Å². The minimum atomic E-state index is -3.09. The summed E-state index contributed by atoms with van der Waals surface area (Å²) in [6, 6.07) is 9.97. The molecule has 0 unspecified atom stereocenters. The first-order chi connectivity index (χ1) is 11.5. The van der Waals surface area contributed by atoms with Gasteiger partial charge in [0.2, 0.25) is 0 Å². The van der Waals surface area contributed by atoms with E-state index in [0.717, 1.165) is 0 Å². The molecule has 0 bridgehead atoms. The van der Waals surface area contributed by atoms with Gasteiger partial charge in [-0.25, -0.2) is 8.42 Å². The number of hydrogen-bond acceptors (Lipinski definition) is 5. The van der Waals surface area contributed by atoms with Crippen molar-refractivity contribution in [3.63, 3.8) is 0 Å². The summed E-state index contributed by atoms with van der Waals surface area (Å²) in [6.07, 6.45) is 1.99. The lowest BCUT2D eigenvalue weighted by Crippen LogP contribution is -2.40. The quantitative estimate of drug-likeness (QED) is 0.826. The SMILES string of the molecule is COc1ccc(C(=O)N(Cc2ccco2)[C@H]2CCS(=O)(=O)C2)cc1. The Hall–Kier alpha value is -2.28. The van der Waals surface area contributed by atoms with Crippen LogP contribution in [-0.4, -0.2) is 43.9 Å². The first-order valence-electron chi connectivity index (χ1n) is 7.66. The van der Waals surface area contributed by atoms with E-state index in [4.69, 9.17) is 9.15 Å². The number of rotatable bonds is 5. The van der Waals surface area contributed by atoms with Crippen LogP contribution in [0.4, 0.5) is 0 Å². The number of benzene rings is 1. The zero-order valence-corrected chi connectivity index (χ0v) is 14.2. The van der Waals surface area contributed by atoms with Gasteiger partial charge in [-0.15, -0.1) is 0 Å². The van der Waals surface area contributed by atoms with Crippen molar-refractivity contribution < 1.29 is 22.4 Å². The molecule has 1 aliphatic rings. The van der Waals surface area contributed by atoms with E-state index >= 15 is 0 Å².